The Morgan fingerprint density at radius 1 is 0.857 bits per heavy atom. The fourth-order valence-electron chi connectivity index (χ4n) is 7.40. The van der Waals surface area contributed by atoms with Gasteiger partial charge in [-0.25, -0.2) is 9.78 Å². The number of nitrogens with one attached hydrogen (secondary N) is 1. The molecule has 292 valence electrons. The number of rotatable bonds is 14. The number of hydrogen-bond donors (Lipinski definition) is 3. The number of hydrogen-bond acceptors (Lipinski definition) is 10. The molecule has 56 heavy (non-hydrogen) atoms. The molecule has 1 aromatic heterocycles. The Hall–Kier alpha value is -3.81. The van der Waals surface area contributed by atoms with E-state index >= 15 is 0 Å². The third-order valence-electron chi connectivity index (χ3n) is 9.85. The SMILES string of the molecule is CC(COC(=O)Nc1cc2c(c3ccccc13)[C@H](CCl)CN2C(=O)CCCC(=O)N1C[C@@H](CCl)c2c1cc(OP(O)O)c1ccccc21)SSc1ccccn1. The molecule has 0 radical (unpaired) electrons. The van der Waals surface area contributed by atoms with E-state index in [0.717, 1.165) is 32.3 Å². The smallest absolute Gasteiger partial charge is 0.411 e. The van der Waals surface area contributed by atoms with Gasteiger partial charge >= 0.3 is 14.7 Å². The summed E-state index contributed by atoms with van der Waals surface area (Å²) in [5.41, 5.74) is 3.64. The van der Waals surface area contributed by atoms with Crippen LogP contribution >= 0.6 is 53.4 Å². The summed E-state index contributed by atoms with van der Waals surface area (Å²) < 4.78 is 11.0. The highest BCUT2D eigenvalue weighted by Crippen LogP contribution is 2.48. The Balaban J connectivity index is 1.04. The minimum Gasteiger partial charge on any atom is -0.448 e. The number of carbonyl (C=O) groups is 3. The number of halogens is 2. The van der Waals surface area contributed by atoms with Crippen LogP contribution in [-0.2, 0) is 14.3 Å². The minimum atomic E-state index is -2.68. The van der Waals surface area contributed by atoms with Crippen LogP contribution in [0.4, 0.5) is 21.9 Å². The highest BCUT2D eigenvalue weighted by Gasteiger charge is 2.36. The van der Waals surface area contributed by atoms with Crippen LogP contribution in [0.1, 0.15) is 49.1 Å². The van der Waals surface area contributed by atoms with Gasteiger partial charge in [-0.3, -0.25) is 14.9 Å². The van der Waals surface area contributed by atoms with E-state index in [4.69, 9.17) is 32.5 Å². The number of fused-ring (bicyclic) bond motifs is 6. The van der Waals surface area contributed by atoms with Crippen LogP contribution in [0.5, 0.6) is 5.75 Å². The fraction of sp³-hybridized carbons (Fsp3) is 0.300. The van der Waals surface area contributed by atoms with E-state index < -0.39 is 14.7 Å². The molecule has 11 nitrogen and oxygen atoms in total. The molecule has 0 aliphatic carbocycles. The van der Waals surface area contributed by atoms with Gasteiger partial charge < -0.3 is 28.8 Å². The second-order valence-electron chi connectivity index (χ2n) is 13.5. The standard InChI is InChI=1S/C40H39Cl2N4O7PS2/c1-24(55-56-35-13-6-7-16-43-35)23-52-40(49)44-31-17-32-38(29-11-4-2-9-27(29)31)25(19-41)21-45(32)36(47)14-8-15-37(48)46-22-26(20-42)39-30-12-5-3-10-28(30)34(18-33(39)46)53-54(50)51/h2-7,9-13,16-18,24-26,50-51H,8,14-15,19-23H2,1H3,(H,44,49)/t24?,25-,26-/m1/s1. The van der Waals surface area contributed by atoms with Crippen LogP contribution in [0.3, 0.4) is 0 Å². The van der Waals surface area contributed by atoms with Crippen molar-refractivity contribution in [2.75, 3.05) is 46.6 Å². The zero-order valence-corrected chi connectivity index (χ0v) is 34.3. The lowest BCUT2D eigenvalue weighted by Crippen LogP contribution is -2.32. The lowest BCUT2D eigenvalue weighted by atomic mass is 9.95. The molecule has 0 saturated heterocycles. The summed E-state index contributed by atoms with van der Waals surface area (Å²) in [6, 6.07) is 24.3. The van der Waals surface area contributed by atoms with Crippen LogP contribution < -0.4 is 19.6 Å². The summed E-state index contributed by atoms with van der Waals surface area (Å²) >= 11 is 12.9. The van der Waals surface area contributed by atoms with Gasteiger partial charge in [-0.15, -0.1) is 23.2 Å². The van der Waals surface area contributed by atoms with Gasteiger partial charge in [0.25, 0.3) is 0 Å². The molecular weight excluding hydrogens is 814 g/mol. The molecule has 0 fully saturated rings. The summed E-state index contributed by atoms with van der Waals surface area (Å²) in [6.07, 6.45) is 1.63. The number of amides is 3. The minimum absolute atomic E-state index is 0.00307. The van der Waals surface area contributed by atoms with Gasteiger partial charge in [0.2, 0.25) is 11.8 Å². The molecule has 3 atom stereocenters. The Morgan fingerprint density at radius 2 is 1.43 bits per heavy atom. The lowest BCUT2D eigenvalue weighted by molar-refractivity contribution is -0.119. The summed E-state index contributed by atoms with van der Waals surface area (Å²) in [4.78, 5) is 67.8. The predicted molar refractivity (Wildman–Crippen MR) is 227 cm³/mol. The number of pyridine rings is 1. The number of aromatic nitrogens is 1. The Labute approximate surface area is 343 Å². The fourth-order valence-corrected chi connectivity index (χ4v) is 10.1. The molecule has 4 aromatic carbocycles. The number of benzene rings is 4. The average Bonchev–Trinajstić information content (AvgIpc) is 3.78. The molecule has 1 unspecified atom stereocenters. The summed E-state index contributed by atoms with van der Waals surface area (Å²) in [5, 5.41) is 7.01. The van der Waals surface area contributed by atoms with Crippen molar-refractivity contribution in [3.8, 4) is 5.75 Å². The summed E-state index contributed by atoms with van der Waals surface area (Å²) in [5.74, 6) is 0.245. The number of nitrogens with zero attached hydrogens (tertiary/aromatic N) is 3. The third kappa shape index (κ3) is 8.69. The van der Waals surface area contributed by atoms with Crippen molar-refractivity contribution in [3.05, 3.63) is 96.2 Å². The van der Waals surface area contributed by atoms with Gasteiger partial charge in [0.05, 0.1) is 11.4 Å². The maximum absolute atomic E-state index is 13.9. The maximum atomic E-state index is 13.9. The first-order valence-electron chi connectivity index (χ1n) is 18.0. The van der Waals surface area contributed by atoms with Gasteiger partial charge in [-0.05, 0) is 64.2 Å². The molecule has 7 rings (SSSR count). The van der Waals surface area contributed by atoms with Crippen LogP contribution in [0, 0.1) is 0 Å². The molecule has 0 bridgehead atoms. The van der Waals surface area contributed by atoms with Crippen LogP contribution in [0.2, 0.25) is 0 Å². The molecule has 2 aliphatic rings. The van der Waals surface area contributed by atoms with E-state index in [9.17, 15) is 24.2 Å². The first kappa shape index (κ1) is 40.4. The van der Waals surface area contributed by atoms with Crippen LogP contribution in [0.15, 0.2) is 90.1 Å². The number of ether oxygens (including phenoxy) is 1. The monoisotopic (exact) mass is 852 g/mol. The average molecular weight is 854 g/mol. The van der Waals surface area contributed by atoms with Crippen molar-refractivity contribution >= 4 is 110 Å². The van der Waals surface area contributed by atoms with Gasteiger partial charge in [0.15, 0.2) is 0 Å². The van der Waals surface area contributed by atoms with Gasteiger partial charge in [-0.2, -0.15) is 0 Å². The Bertz CT molecular complexity index is 2260. The highest BCUT2D eigenvalue weighted by atomic mass is 35.5. The first-order chi connectivity index (χ1) is 27.2. The Kier molecular flexibility index (Phi) is 13.1. The molecule has 3 heterocycles. The van der Waals surface area contributed by atoms with Crippen molar-refractivity contribution in [3.63, 3.8) is 0 Å². The topological polar surface area (TPSA) is 142 Å². The molecule has 16 heteroatoms. The van der Waals surface area contributed by atoms with Gasteiger partial charge in [-0.1, -0.05) is 65.4 Å². The summed E-state index contributed by atoms with van der Waals surface area (Å²) in [6.45, 7) is 2.89. The van der Waals surface area contributed by atoms with Crippen molar-refractivity contribution in [2.45, 2.75) is 48.3 Å². The zero-order valence-electron chi connectivity index (χ0n) is 30.3. The largest absolute Gasteiger partial charge is 0.448 e. The lowest BCUT2D eigenvalue weighted by Gasteiger charge is -2.21. The molecule has 0 saturated carbocycles. The van der Waals surface area contributed by atoms with E-state index in [1.54, 1.807) is 32.9 Å². The molecule has 2 aliphatic heterocycles. The third-order valence-corrected chi connectivity index (χ3v) is 13.7. The van der Waals surface area contributed by atoms with Crippen LogP contribution in [-0.4, -0.2) is 69.4 Å². The number of alkyl halides is 2. The second-order valence-corrected chi connectivity index (χ2v) is 17.5. The second kappa shape index (κ2) is 18.2. The van der Waals surface area contributed by atoms with Crippen molar-refractivity contribution in [1.82, 2.24) is 4.98 Å². The molecule has 3 amide bonds. The van der Waals surface area contributed by atoms with E-state index in [0.29, 0.717) is 47.8 Å². The predicted octanol–water partition coefficient (Wildman–Crippen LogP) is 9.56. The normalized spacial score (nSPS) is 16.6. The van der Waals surface area contributed by atoms with Crippen molar-refractivity contribution in [2.24, 2.45) is 0 Å². The van der Waals surface area contributed by atoms with E-state index in [-0.39, 0.29) is 60.0 Å². The van der Waals surface area contributed by atoms with E-state index in [2.05, 4.69) is 10.3 Å². The van der Waals surface area contributed by atoms with Crippen LogP contribution in [0.25, 0.3) is 21.5 Å². The molecule has 0 spiro atoms. The van der Waals surface area contributed by atoms with Gasteiger partial charge in [0, 0.05) is 83.5 Å². The maximum Gasteiger partial charge on any atom is 0.411 e. The zero-order chi connectivity index (χ0) is 39.3. The van der Waals surface area contributed by atoms with Gasteiger partial charge in [0.1, 0.15) is 17.4 Å². The quantitative estimate of drug-likeness (QED) is 0.0562. The number of anilines is 3. The highest BCUT2D eigenvalue weighted by molar-refractivity contribution is 8.76. The first-order valence-corrected chi connectivity index (χ1v) is 22.5. The summed E-state index contributed by atoms with van der Waals surface area (Å²) in [7, 11) is 0.395. The van der Waals surface area contributed by atoms with E-state index in [1.807, 2.05) is 79.7 Å². The van der Waals surface area contributed by atoms with E-state index in [1.165, 1.54) is 10.8 Å². The molecular formula is C40H39Cl2N4O7PS2. The van der Waals surface area contributed by atoms with Crippen molar-refractivity contribution < 1.29 is 33.4 Å². The molecule has 3 N–H and O–H groups in total. The number of carbonyl (C=O) groups excluding carboxylic acids is 3. The molecule has 5 aromatic rings. The Morgan fingerprint density at radius 3 is 2.02 bits per heavy atom. The van der Waals surface area contributed by atoms with Crippen molar-refractivity contribution in [1.29, 1.82) is 0 Å².